The standard InChI is InChI=1S/C19H25N3O2/c1-19(2,3)22-17-13-15(10-12-20-17)18(23)21-11-9-14-5-7-16(24-4)8-6-14/h5-8,10,12-13H,9,11H2,1-4H3,(H,20,22)(H,21,23). The lowest BCUT2D eigenvalue weighted by Crippen LogP contribution is -2.28. The van der Waals surface area contributed by atoms with Crippen molar-refractivity contribution in [2.45, 2.75) is 32.7 Å². The number of ether oxygens (including phenoxy) is 1. The van der Waals surface area contributed by atoms with E-state index >= 15 is 0 Å². The Kier molecular flexibility index (Phi) is 5.79. The first-order chi connectivity index (χ1) is 11.4. The number of pyridine rings is 1. The highest BCUT2D eigenvalue weighted by molar-refractivity contribution is 5.94. The van der Waals surface area contributed by atoms with Crippen LogP contribution >= 0.6 is 0 Å². The first-order valence-electron chi connectivity index (χ1n) is 8.03. The van der Waals surface area contributed by atoms with Crippen LogP contribution in [0.25, 0.3) is 0 Å². The number of carbonyl (C=O) groups excluding carboxylic acids is 1. The minimum atomic E-state index is -0.101. The molecule has 0 radical (unpaired) electrons. The summed E-state index contributed by atoms with van der Waals surface area (Å²) >= 11 is 0. The Bertz CT molecular complexity index is 676. The number of anilines is 1. The molecule has 1 heterocycles. The maximum Gasteiger partial charge on any atom is 0.251 e. The average molecular weight is 327 g/mol. The summed E-state index contributed by atoms with van der Waals surface area (Å²) in [6.07, 6.45) is 2.42. The first kappa shape index (κ1) is 17.8. The molecular weight excluding hydrogens is 302 g/mol. The van der Waals surface area contributed by atoms with E-state index in [-0.39, 0.29) is 11.4 Å². The summed E-state index contributed by atoms with van der Waals surface area (Å²) in [6, 6.07) is 11.3. The van der Waals surface area contributed by atoms with Crippen LogP contribution in [-0.4, -0.2) is 30.1 Å². The molecule has 0 saturated carbocycles. The quantitative estimate of drug-likeness (QED) is 0.855. The lowest BCUT2D eigenvalue weighted by atomic mass is 10.1. The smallest absolute Gasteiger partial charge is 0.251 e. The zero-order valence-corrected chi connectivity index (χ0v) is 14.7. The van der Waals surface area contributed by atoms with Crippen molar-refractivity contribution in [1.82, 2.24) is 10.3 Å². The van der Waals surface area contributed by atoms with Gasteiger partial charge in [-0.3, -0.25) is 4.79 Å². The molecule has 2 rings (SSSR count). The number of hydrogen-bond donors (Lipinski definition) is 2. The normalized spacial score (nSPS) is 11.0. The van der Waals surface area contributed by atoms with Crippen molar-refractivity contribution in [3.05, 3.63) is 53.7 Å². The highest BCUT2D eigenvalue weighted by atomic mass is 16.5. The van der Waals surface area contributed by atoms with Gasteiger partial charge in [-0.1, -0.05) is 12.1 Å². The summed E-state index contributed by atoms with van der Waals surface area (Å²) in [5.74, 6) is 1.44. The zero-order valence-electron chi connectivity index (χ0n) is 14.7. The predicted molar refractivity (Wildman–Crippen MR) is 96.6 cm³/mol. The minimum absolute atomic E-state index is 0.0946. The molecule has 0 atom stereocenters. The molecule has 0 aliphatic heterocycles. The third-order valence-corrected chi connectivity index (χ3v) is 3.38. The Hall–Kier alpha value is -2.56. The number of nitrogens with zero attached hydrogens (tertiary/aromatic N) is 1. The summed E-state index contributed by atoms with van der Waals surface area (Å²) < 4.78 is 5.13. The van der Waals surface area contributed by atoms with Crippen LogP contribution in [-0.2, 0) is 6.42 Å². The summed E-state index contributed by atoms with van der Waals surface area (Å²) in [6.45, 7) is 6.73. The van der Waals surface area contributed by atoms with Gasteiger partial charge in [0.05, 0.1) is 7.11 Å². The van der Waals surface area contributed by atoms with Gasteiger partial charge in [0, 0.05) is 23.8 Å². The number of carbonyl (C=O) groups is 1. The van der Waals surface area contributed by atoms with Crippen LogP contribution in [0.2, 0.25) is 0 Å². The lowest BCUT2D eigenvalue weighted by Gasteiger charge is -2.21. The molecule has 0 saturated heterocycles. The second-order valence-corrected chi connectivity index (χ2v) is 6.66. The average Bonchev–Trinajstić information content (AvgIpc) is 2.54. The van der Waals surface area contributed by atoms with Gasteiger partial charge in [-0.25, -0.2) is 4.98 Å². The van der Waals surface area contributed by atoms with Gasteiger partial charge >= 0.3 is 0 Å². The largest absolute Gasteiger partial charge is 0.497 e. The van der Waals surface area contributed by atoms with E-state index in [9.17, 15) is 4.79 Å². The van der Waals surface area contributed by atoms with E-state index in [1.54, 1.807) is 25.4 Å². The third-order valence-electron chi connectivity index (χ3n) is 3.38. The molecule has 0 aliphatic carbocycles. The van der Waals surface area contributed by atoms with Crippen LogP contribution < -0.4 is 15.4 Å². The van der Waals surface area contributed by atoms with Gasteiger partial charge < -0.3 is 15.4 Å². The topological polar surface area (TPSA) is 63.2 Å². The fraction of sp³-hybridized carbons (Fsp3) is 0.368. The van der Waals surface area contributed by atoms with E-state index < -0.39 is 0 Å². The number of benzene rings is 1. The van der Waals surface area contributed by atoms with Crippen LogP contribution in [0.3, 0.4) is 0 Å². The van der Waals surface area contributed by atoms with Crippen molar-refractivity contribution in [2.24, 2.45) is 0 Å². The molecule has 0 aliphatic rings. The van der Waals surface area contributed by atoms with Crippen molar-refractivity contribution in [3.63, 3.8) is 0 Å². The van der Waals surface area contributed by atoms with E-state index in [0.717, 1.165) is 17.7 Å². The fourth-order valence-corrected chi connectivity index (χ4v) is 2.24. The second kappa shape index (κ2) is 7.81. The first-order valence-corrected chi connectivity index (χ1v) is 8.03. The second-order valence-electron chi connectivity index (χ2n) is 6.66. The van der Waals surface area contributed by atoms with E-state index in [4.69, 9.17) is 4.74 Å². The van der Waals surface area contributed by atoms with Gasteiger partial charge in [0.2, 0.25) is 0 Å². The number of aromatic nitrogens is 1. The molecule has 2 N–H and O–H groups in total. The van der Waals surface area contributed by atoms with Gasteiger partial charge in [0.15, 0.2) is 0 Å². The van der Waals surface area contributed by atoms with Crippen LogP contribution in [0.4, 0.5) is 5.82 Å². The molecule has 1 aromatic carbocycles. The van der Waals surface area contributed by atoms with E-state index in [1.807, 2.05) is 24.3 Å². The Morgan fingerprint density at radius 1 is 1.17 bits per heavy atom. The third kappa shape index (κ3) is 5.57. The van der Waals surface area contributed by atoms with Gasteiger partial charge in [0.1, 0.15) is 11.6 Å². The molecule has 1 aromatic heterocycles. The maximum absolute atomic E-state index is 12.3. The number of hydrogen-bond acceptors (Lipinski definition) is 4. The Balaban J connectivity index is 1.89. The molecule has 0 bridgehead atoms. The Morgan fingerprint density at radius 2 is 1.88 bits per heavy atom. The number of nitrogens with one attached hydrogen (secondary N) is 2. The molecule has 1 amide bonds. The molecule has 2 aromatic rings. The van der Waals surface area contributed by atoms with Gasteiger partial charge in [-0.05, 0) is 57.0 Å². The van der Waals surface area contributed by atoms with Crippen LogP contribution in [0.15, 0.2) is 42.6 Å². The van der Waals surface area contributed by atoms with E-state index in [0.29, 0.717) is 17.9 Å². The summed E-state index contributed by atoms with van der Waals surface area (Å²) in [5.41, 5.74) is 1.66. The van der Waals surface area contributed by atoms with E-state index in [1.165, 1.54) is 0 Å². The fourth-order valence-electron chi connectivity index (χ4n) is 2.24. The molecular formula is C19H25N3O2. The van der Waals surface area contributed by atoms with Crippen molar-refractivity contribution in [2.75, 3.05) is 19.0 Å². The zero-order chi connectivity index (χ0) is 17.6. The predicted octanol–water partition coefficient (Wildman–Crippen LogP) is 3.27. The Morgan fingerprint density at radius 3 is 2.50 bits per heavy atom. The van der Waals surface area contributed by atoms with Crippen molar-refractivity contribution >= 4 is 11.7 Å². The SMILES string of the molecule is COc1ccc(CCNC(=O)c2ccnc(NC(C)(C)C)c2)cc1. The van der Waals surface area contributed by atoms with Crippen molar-refractivity contribution < 1.29 is 9.53 Å². The maximum atomic E-state index is 12.3. The monoisotopic (exact) mass is 327 g/mol. The Labute approximate surface area is 143 Å². The molecule has 24 heavy (non-hydrogen) atoms. The number of methoxy groups -OCH3 is 1. The molecule has 128 valence electrons. The summed E-state index contributed by atoms with van der Waals surface area (Å²) in [7, 11) is 1.65. The molecule has 0 fully saturated rings. The van der Waals surface area contributed by atoms with Crippen LogP contribution in [0.5, 0.6) is 5.75 Å². The van der Waals surface area contributed by atoms with Crippen LogP contribution in [0, 0.1) is 0 Å². The molecule has 5 nitrogen and oxygen atoms in total. The van der Waals surface area contributed by atoms with Crippen molar-refractivity contribution in [1.29, 1.82) is 0 Å². The van der Waals surface area contributed by atoms with E-state index in [2.05, 4.69) is 36.4 Å². The highest BCUT2D eigenvalue weighted by Gasteiger charge is 2.12. The van der Waals surface area contributed by atoms with Gasteiger partial charge in [-0.15, -0.1) is 0 Å². The minimum Gasteiger partial charge on any atom is -0.497 e. The lowest BCUT2D eigenvalue weighted by molar-refractivity contribution is 0.0954. The molecule has 0 spiro atoms. The van der Waals surface area contributed by atoms with Crippen molar-refractivity contribution in [3.8, 4) is 5.75 Å². The number of amides is 1. The van der Waals surface area contributed by atoms with Gasteiger partial charge in [0.25, 0.3) is 5.91 Å². The highest BCUT2D eigenvalue weighted by Crippen LogP contribution is 2.14. The van der Waals surface area contributed by atoms with Crippen LogP contribution in [0.1, 0.15) is 36.7 Å². The molecule has 0 unspecified atom stereocenters. The number of rotatable bonds is 6. The summed E-state index contributed by atoms with van der Waals surface area (Å²) in [4.78, 5) is 16.5. The molecule has 5 heteroatoms. The summed E-state index contributed by atoms with van der Waals surface area (Å²) in [5, 5.41) is 6.21. The van der Waals surface area contributed by atoms with Gasteiger partial charge in [-0.2, -0.15) is 0 Å².